The minimum atomic E-state index is -2.71. The van der Waals surface area contributed by atoms with Crippen LogP contribution in [0.2, 0.25) is 0 Å². The molecule has 5 rings (SSSR count). The van der Waals surface area contributed by atoms with E-state index in [1.165, 1.54) is 0 Å². The summed E-state index contributed by atoms with van der Waals surface area (Å²) in [6, 6.07) is 13.2. The molecule has 0 bridgehead atoms. The number of halogens is 2. The molecule has 1 saturated heterocycles. The predicted molar refractivity (Wildman–Crippen MR) is 136 cm³/mol. The van der Waals surface area contributed by atoms with Gasteiger partial charge in [0.15, 0.2) is 11.5 Å². The summed E-state index contributed by atoms with van der Waals surface area (Å²) in [7, 11) is 0. The number of ether oxygens (including phenoxy) is 2. The Labute approximate surface area is 209 Å². The number of carbonyl (C=O) groups excluding carboxylic acids is 1. The smallest absolute Gasteiger partial charge is 0.259 e. The maximum Gasteiger partial charge on any atom is 0.259 e. The molecule has 8 heteroatoms. The lowest BCUT2D eigenvalue weighted by molar-refractivity contribution is -0.0102. The van der Waals surface area contributed by atoms with E-state index in [9.17, 15) is 13.6 Å². The molecule has 1 amide bonds. The fourth-order valence-electron chi connectivity index (χ4n) is 4.80. The van der Waals surface area contributed by atoms with Crippen LogP contribution < -0.4 is 19.7 Å². The topological polar surface area (TPSA) is 63.7 Å². The van der Waals surface area contributed by atoms with Gasteiger partial charge in [-0.2, -0.15) is 0 Å². The first-order valence-corrected chi connectivity index (χ1v) is 12.2. The lowest BCUT2D eigenvalue weighted by Gasteiger charge is -2.26. The van der Waals surface area contributed by atoms with Gasteiger partial charge in [-0.05, 0) is 61.2 Å². The van der Waals surface area contributed by atoms with E-state index in [2.05, 4.69) is 10.3 Å². The van der Waals surface area contributed by atoms with E-state index >= 15 is 0 Å². The first kappa shape index (κ1) is 24.0. The third-order valence-corrected chi connectivity index (χ3v) is 6.69. The van der Waals surface area contributed by atoms with Crippen molar-refractivity contribution >= 4 is 17.4 Å². The van der Waals surface area contributed by atoms with E-state index in [0.717, 1.165) is 22.3 Å². The van der Waals surface area contributed by atoms with Crippen LogP contribution in [0.5, 0.6) is 11.5 Å². The van der Waals surface area contributed by atoms with Gasteiger partial charge in [0, 0.05) is 43.4 Å². The van der Waals surface area contributed by atoms with E-state index in [4.69, 9.17) is 9.47 Å². The van der Waals surface area contributed by atoms with Crippen LogP contribution in [-0.2, 0) is 0 Å². The third kappa shape index (κ3) is 4.98. The highest BCUT2D eigenvalue weighted by atomic mass is 19.3. The van der Waals surface area contributed by atoms with Gasteiger partial charge in [-0.3, -0.25) is 4.79 Å². The number of pyridine rings is 1. The van der Waals surface area contributed by atoms with Crippen molar-refractivity contribution in [3.8, 4) is 22.6 Å². The van der Waals surface area contributed by atoms with Gasteiger partial charge in [0.1, 0.15) is 19.0 Å². The summed E-state index contributed by atoms with van der Waals surface area (Å²) in [4.78, 5) is 20.2. The Morgan fingerprint density at radius 3 is 2.64 bits per heavy atom. The van der Waals surface area contributed by atoms with Crippen molar-refractivity contribution in [2.45, 2.75) is 39.0 Å². The van der Waals surface area contributed by atoms with Gasteiger partial charge < -0.3 is 19.7 Å². The molecular formula is C28H29F2N3O3. The molecule has 3 aromatic rings. The fourth-order valence-corrected chi connectivity index (χ4v) is 4.80. The Bertz CT molecular complexity index is 1300. The molecule has 0 saturated carbocycles. The van der Waals surface area contributed by atoms with E-state index < -0.39 is 5.92 Å². The number of hydrogen-bond donors (Lipinski definition) is 1. The number of fused-ring (bicyclic) bond motifs is 1. The van der Waals surface area contributed by atoms with Crippen molar-refractivity contribution in [2.75, 3.05) is 36.5 Å². The molecular weight excluding hydrogens is 464 g/mol. The van der Waals surface area contributed by atoms with E-state index in [1.54, 1.807) is 6.20 Å². The molecule has 0 radical (unpaired) electrons. The molecule has 0 atom stereocenters. The van der Waals surface area contributed by atoms with E-state index in [0.29, 0.717) is 54.7 Å². The van der Waals surface area contributed by atoms with Gasteiger partial charge in [-0.25, -0.2) is 13.8 Å². The van der Waals surface area contributed by atoms with Crippen molar-refractivity contribution in [1.29, 1.82) is 0 Å². The highest BCUT2D eigenvalue weighted by Gasteiger charge is 2.33. The molecule has 188 valence electrons. The number of amides is 1. The van der Waals surface area contributed by atoms with Crippen molar-refractivity contribution in [3.63, 3.8) is 0 Å². The summed E-state index contributed by atoms with van der Waals surface area (Å²) in [6.45, 7) is 5.34. The van der Waals surface area contributed by atoms with Crippen molar-refractivity contribution in [1.82, 2.24) is 4.98 Å². The number of alkyl halides is 2. The summed E-state index contributed by atoms with van der Waals surface area (Å²) < 4.78 is 39.6. The number of nitrogens with zero attached hydrogens (tertiary/aromatic N) is 2. The summed E-state index contributed by atoms with van der Waals surface area (Å²) >= 11 is 0. The minimum absolute atomic E-state index is 0.132. The molecule has 2 aliphatic heterocycles. The molecule has 6 nitrogen and oxygen atoms in total. The van der Waals surface area contributed by atoms with E-state index in [-0.39, 0.29) is 25.3 Å². The average molecular weight is 494 g/mol. The molecule has 1 fully saturated rings. The number of carbonyl (C=O) groups is 1. The first-order valence-electron chi connectivity index (χ1n) is 12.2. The van der Waals surface area contributed by atoms with Crippen LogP contribution in [0.4, 0.5) is 20.3 Å². The molecule has 1 N–H and O–H groups in total. The van der Waals surface area contributed by atoms with Crippen LogP contribution in [0.3, 0.4) is 0 Å². The van der Waals surface area contributed by atoms with Crippen molar-refractivity contribution in [3.05, 3.63) is 65.4 Å². The van der Waals surface area contributed by atoms with Crippen LogP contribution >= 0.6 is 0 Å². The summed E-state index contributed by atoms with van der Waals surface area (Å²) in [5.41, 5.74) is 4.39. The third-order valence-electron chi connectivity index (χ3n) is 6.69. The highest BCUT2D eigenvalue weighted by Crippen LogP contribution is 2.38. The normalized spacial score (nSPS) is 16.8. The summed E-state index contributed by atoms with van der Waals surface area (Å²) in [5.74, 6) is -1.29. The van der Waals surface area contributed by atoms with Crippen LogP contribution in [0.25, 0.3) is 11.1 Å². The van der Waals surface area contributed by atoms with Gasteiger partial charge in [0.25, 0.3) is 5.91 Å². The van der Waals surface area contributed by atoms with Gasteiger partial charge in [0.05, 0.1) is 5.56 Å². The fraction of sp³-hybridized carbons (Fsp3) is 0.357. The maximum absolute atomic E-state index is 14.1. The summed E-state index contributed by atoms with van der Waals surface area (Å²) in [5, 5.41) is 2.98. The van der Waals surface area contributed by atoms with Crippen molar-refractivity contribution < 1.29 is 23.0 Å². The Morgan fingerprint density at radius 1 is 1.03 bits per heavy atom. The maximum atomic E-state index is 14.1. The zero-order valence-corrected chi connectivity index (χ0v) is 20.4. The van der Waals surface area contributed by atoms with Gasteiger partial charge in [0.2, 0.25) is 5.92 Å². The standard InChI is InChI=1S/C28H29F2N3O3/c1-18-5-3-6-21(15-18)32-27(34)25-19(2)22(20-7-8-23-24(16-20)36-14-13-35-23)17-31-26(25)33-11-4-9-28(29,30)10-12-33/h3,5-8,15-17H,4,9-14H2,1-2H3,(H,32,34). The number of aryl methyl sites for hydroxylation is 1. The van der Waals surface area contributed by atoms with Crippen LogP contribution in [0.1, 0.15) is 40.7 Å². The number of anilines is 2. The lowest BCUT2D eigenvalue weighted by atomic mass is 9.97. The molecule has 0 spiro atoms. The molecule has 36 heavy (non-hydrogen) atoms. The van der Waals surface area contributed by atoms with Crippen LogP contribution in [0.15, 0.2) is 48.7 Å². The van der Waals surface area contributed by atoms with E-state index in [1.807, 2.05) is 61.2 Å². The minimum Gasteiger partial charge on any atom is -0.486 e. The Morgan fingerprint density at radius 2 is 1.83 bits per heavy atom. The van der Waals surface area contributed by atoms with Gasteiger partial charge in [-0.1, -0.05) is 18.2 Å². The molecule has 2 aromatic carbocycles. The second-order valence-electron chi connectivity index (χ2n) is 9.37. The number of nitrogens with one attached hydrogen (secondary N) is 1. The SMILES string of the molecule is Cc1cccc(NC(=O)c2c(N3CCCC(F)(F)CC3)ncc(-c3ccc4c(c3)OCCO4)c2C)c1. The predicted octanol–water partition coefficient (Wildman–Crippen LogP) is 6.01. The molecule has 1 aromatic heterocycles. The number of rotatable bonds is 4. The molecule has 0 unspecified atom stereocenters. The van der Waals surface area contributed by atoms with Crippen LogP contribution in [0, 0.1) is 13.8 Å². The van der Waals surface area contributed by atoms with Gasteiger partial charge >= 0.3 is 0 Å². The van der Waals surface area contributed by atoms with Crippen molar-refractivity contribution in [2.24, 2.45) is 0 Å². The van der Waals surface area contributed by atoms with Gasteiger partial charge in [-0.15, -0.1) is 0 Å². The Balaban J connectivity index is 1.57. The van der Waals surface area contributed by atoms with Crippen LogP contribution in [-0.4, -0.2) is 43.1 Å². The number of hydrogen-bond acceptors (Lipinski definition) is 5. The quantitative estimate of drug-likeness (QED) is 0.482. The first-order chi connectivity index (χ1) is 17.3. The molecule has 3 heterocycles. The zero-order chi connectivity index (χ0) is 25.3. The summed E-state index contributed by atoms with van der Waals surface area (Å²) in [6.07, 6.45) is 1.61. The second-order valence-corrected chi connectivity index (χ2v) is 9.37. The Kier molecular flexibility index (Phi) is 6.51. The Hall–Kier alpha value is -3.68. The lowest BCUT2D eigenvalue weighted by Crippen LogP contribution is -2.30. The number of aromatic nitrogens is 1. The zero-order valence-electron chi connectivity index (χ0n) is 20.4. The average Bonchev–Trinajstić information content (AvgIpc) is 3.03. The monoisotopic (exact) mass is 493 g/mol. The highest BCUT2D eigenvalue weighted by molar-refractivity contribution is 6.09. The molecule has 0 aliphatic carbocycles. The molecule has 2 aliphatic rings. The largest absolute Gasteiger partial charge is 0.486 e. The second kappa shape index (κ2) is 9.76. The number of benzene rings is 2.